The van der Waals surface area contributed by atoms with Gasteiger partial charge in [-0.15, -0.1) is 0 Å². The second kappa shape index (κ2) is 5.36. The molecule has 3 heterocycles. The molecule has 21 heavy (non-hydrogen) atoms. The van der Waals surface area contributed by atoms with Crippen molar-refractivity contribution in [2.24, 2.45) is 0 Å². The zero-order valence-electron chi connectivity index (χ0n) is 12.0. The Labute approximate surface area is 122 Å². The first-order valence-electron chi connectivity index (χ1n) is 6.76. The molecule has 1 N–H and O–H groups in total. The van der Waals surface area contributed by atoms with E-state index in [9.17, 15) is 4.79 Å². The van der Waals surface area contributed by atoms with Crippen molar-refractivity contribution in [1.29, 1.82) is 0 Å². The molecule has 0 aliphatic heterocycles. The SMILES string of the molecule is Cc1cc(Cn2ccnc2-c2ccc(=O)[nH]c2)cnc1C. The molecule has 0 saturated heterocycles. The van der Waals surface area contributed by atoms with Crippen LogP contribution < -0.4 is 5.56 Å². The van der Waals surface area contributed by atoms with Gasteiger partial charge in [0, 0.05) is 42.1 Å². The third-order valence-corrected chi connectivity index (χ3v) is 3.51. The Kier molecular flexibility index (Phi) is 3.39. The maximum Gasteiger partial charge on any atom is 0.247 e. The summed E-state index contributed by atoms with van der Waals surface area (Å²) < 4.78 is 2.04. The van der Waals surface area contributed by atoms with E-state index in [0.717, 1.165) is 22.6 Å². The second-order valence-corrected chi connectivity index (χ2v) is 5.07. The minimum Gasteiger partial charge on any atom is -0.328 e. The van der Waals surface area contributed by atoms with Crippen molar-refractivity contribution < 1.29 is 0 Å². The van der Waals surface area contributed by atoms with Crippen LogP contribution in [-0.2, 0) is 6.54 Å². The number of hydrogen-bond acceptors (Lipinski definition) is 3. The molecular formula is C16H16N4O. The summed E-state index contributed by atoms with van der Waals surface area (Å²) in [5, 5.41) is 0. The highest BCUT2D eigenvalue weighted by Crippen LogP contribution is 2.17. The van der Waals surface area contributed by atoms with E-state index in [1.54, 1.807) is 18.5 Å². The second-order valence-electron chi connectivity index (χ2n) is 5.07. The Morgan fingerprint density at radius 1 is 1.24 bits per heavy atom. The third-order valence-electron chi connectivity index (χ3n) is 3.51. The van der Waals surface area contributed by atoms with E-state index >= 15 is 0 Å². The first-order valence-corrected chi connectivity index (χ1v) is 6.76. The van der Waals surface area contributed by atoms with Gasteiger partial charge in [-0.3, -0.25) is 9.78 Å². The van der Waals surface area contributed by atoms with Crippen LogP contribution in [0.3, 0.4) is 0 Å². The van der Waals surface area contributed by atoms with Crippen LogP contribution in [0.4, 0.5) is 0 Å². The van der Waals surface area contributed by atoms with E-state index in [2.05, 4.69) is 27.9 Å². The van der Waals surface area contributed by atoms with Crippen molar-refractivity contribution in [2.45, 2.75) is 20.4 Å². The number of pyridine rings is 2. The highest BCUT2D eigenvalue weighted by atomic mass is 16.1. The van der Waals surface area contributed by atoms with Crippen LogP contribution in [0.2, 0.25) is 0 Å². The Hall–Kier alpha value is -2.69. The smallest absolute Gasteiger partial charge is 0.247 e. The molecule has 3 aromatic heterocycles. The average Bonchev–Trinajstić information content (AvgIpc) is 2.92. The van der Waals surface area contributed by atoms with E-state index < -0.39 is 0 Å². The van der Waals surface area contributed by atoms with Crippen molar-refractivity contribution in [2.75, 3.05) is 0 Å². The van der Waals surface area contributed by atoms with Crippen molar-refractivity contribution in [3.63, 3.8) is 0 Å². The van der Waals surface area contributed by atoms with E-state index in [1.165, 1.54) is 11.6 Å². The van der Waals surface area contributed by atoms with Gasteiger partial charge in [0.25, 0.3) is 0 Å². The molecule has 0 aliphatic carbocycles. The van der Waals surface area contributed by atoms with Crippen LogP contribution in [-0.4, -0.2) is 19.5 Å². The van der Waals surface area contributed by atoms with Crippen LogP contribution in [0, 0.1) is 13.8 Å². The molecule has 0 aliphatic rings. The van der Waals surface area contributed by atoms with Gasteiger partial charge < -0.3 is 9.55 Å². The number of aromatic amines is 1. The van der Waals surface area contributed by atoms with E-state index in [4.69, 9.17) is 0 Å². The molecule has 0 aromatic carbocycles. The molecule has 0 bridgehead atoms. The Morgan fingerprint density at radius 3 is 2.81 bits per heavy atom. The Morgan fingerprint density at radius 2 is 2.10 bits per heavy atom. The van der Waals surface area contributed by atoms with Gasteiger partial charge in [0.15, 0.2) is 0 Å². The van der Waals surface area contributed by atoms with E-state index in [-0.39, 0.29) is 5.56 Å². The van der Waals surface area contributed by atoms with Crippen LogP contribution in [0.5, 0.6) is 0 Å². The van der Waals surface area contributed by atoms with Crippen LogP contribution in [0.25, 0.3) is 11.4 Å². The fraction of sp³-hybridized carbons (Fsp3) is 0.188. The van der Waals surface area contributed by atoms with E-state index in [1.807, 2.05) is 23.9 Å². The molecule has 0 amide bonds. The summed E-state index contributed by atoms with van der Waals surface area (Å²) in [4.78, 5) is 22.6. The quantitative estimate of drug-likeness (QED) is 0.800. The summed E-state index contributed by atoms with van der Waals surface area (Å²) in [5.74, 6) is 0.824. The number of rotatable bonds is 3. The van der Waals surface area contributed by atoms with Crippen molar-refractivity contribution >= 4 is 0 Å². The molecule has 5 heteroatoms. The van der Waals surface area contributed by atoms with Crippen molar-refractivity contribution in [1.82, 2.24) is 19.5 Å². The van der Waals surface area contributed by atoms with Crippen molar-refractivity contribution in [3.05, 3.63) is 70.2 Å². The topological polar surface area (TPSA) is 63.6 Å². The zero-order valence-corrected chi connectivity index (χ0v) is 12.0. The van der Waals surface area contributed by atoms with Gasteiger partial charge in [-0.2, -0.15) is 0 Å². The zero-order chi connectivity index (χ0) is 14.8. The number of aryl methyl sites for hydroxylation is 2. The fourth-order valence-electron chi connectivity index (χ4n) is 2.23. The minimum absolute atomic E-state index is 0.116. The molecule has 0 saturated carbocycles. The lowest BCUT2D eigenvalue weighted by atomic mass is 10.1. The van der Waals surface area contributed by atoms with E-state index in [0.29, 0.717) is 6.54 Å². The van der Waals surface area contributed by atoms with Crippen molar-refractivity contribution in [3.8, 4) is 11.4 Å². The highest BCUT2D eigenvalue weighted by Gasteiger charge is 2.07. The predicted molar refractivity (Wildman–Crippen MR) is 81.1 cm³/mol. The standard InChI is InChI=1S/C16H16N4O/c1-11-7-13(8-18-12(11)2)10-20-6-5-17-16(20)14-3-4-15(21)19-9-14/h3-9H,10H2,1-2H3,(H,19,21). The third kappa shape index (κ3) is 2.76. The van der Waals surface area contributed by atoms with Gasteiger partial charge in [-0.05, 0) is 31.0 Å². The number of aromatic nitrogens is 4. The fourth-order valence-corrected chi connectivity index (χ4v) is 2.23. The minimum atomic E-state index is -0.116. The maximum absolute atomic E-state index is 11.1. The first kappa shape index (κ1) is 13.3. The normalized spacial score (nSPS) is 10.8. The monoisotopic (exact) mass is 280 g/mol. The number of H-pyrrole nitrogens is 1. The van der Waals surface area contributed by atoms with Gasteiger partial charge in [0.1, 0.15) is 5.82 Å². The highest BCUT2D eigenvalue weighted by molar-refractivity contribution is 5.53. The lowest BCUT2D eigenvalue weighted by Crippen LogP contribution is -2.05. The molecule has 0 fully saturated rings. The first-order chi connectivity index (χ1) is 10.1. The molecule has 3 rings (SSSR count). The molecule has 3 aromatic rings. The number of nitrogens with one attached hydrogen (secondary N) is 1. The van der Waals surface area contributed by atoms with Crippen LogP contribution >= 0.6 is 0 Å². The van der Waals surface area contributed by atoms with Gasteiger partial charge in [-0.1, -0.05) is 6.07 Å². The number of nitrogens with zero attached hydrogens (tertiary/aromatic N) is 3. The number of imidazole rings is 1. The average molecular weight is 280 g/mol. The molecule has 0 unspecified atom stereocenters. The number of hydrogen-bond donors (Lipinski definition) is 1. The summed E-state index contributed by atoms with van der Waals surface area (Å²) >= 11 is 0. The maximum atomic E-state index is 11.1. The Balaban J connectivity index is 1.93. The molecule has 5 nitrogen and oxygen atoms in total. The van der Waals surface area contributed by atoms with Gasteiger partial charge in [0.2, 0.25) is 5.56 Å². The summed E-state index contributed by atoms with van der Waals surface area (Å²) in [6.45, 7) is 4.76. The molecule has 106 valence electrons. The molecule has 0 spiro atoms. The molecule has 0 atom stereocenters. The van der Waals surface area contributed by atoms with Gasteiger partial charge >= 0.3 is 0 Å². The largest absolute Gasteiger partial charge is 0.328 e. The van der Waals surface area contributed by atoms with Gasteiger partial charge in [-0.25, -0.2) is 4.98 Å². The Bertz CT molecular complexity index is 812. The summed E-state index contributed by atoms with van der Waals surface area (Å²) in [7, 11) is 0. The lowest BCUT2D eigenvalue weighted by Gasteiger charge is -2.09. The summed E-state index contributed by atoms with van der Waals surface area (Å²) in [6, 6.07) is 5.42. The van der Waals surface area contributed by atoms with Gasteiger partial charge in [0.05, 0.1) is 6.54 Å². The predicted octanol–water partition coefficient (Wildman–Crippen LogP) is 2.30. The molecule has 0 radical (unpaired) electrons. The van der Waals surface area contributed by atoms with Crippen LogP contribution in [0.15, 0.2) is 47.8 Å². The molecular weight excluding hydrogens is 264 g/mol. The summed E-state index contributed by atoms with van der Waals surface area (Å²) in [5.41, 5.74) is 4.12. The lowest BCUT2D eigenvalue weighted by molar-refractivity contribution is 0.799. The summed E-state index contributed by atoms with van der Waals surface area (Å²) in [6.07, 6.45) is 7.25. The van der Waals surface area contributed by atoms with Crippen LogP contribution in [0.1, 0.15) is 16.8 Å².